The van der Waals surface area contributed by atoms with Gasteiger partial charge < -0.3 is 19.3 Å². The first-order chi connectivity index (χ1) is 13.7. The average molecular weight is 374 g/mol. The van der Waals surface area contributed by atoms with Crippen molar-refractivity contribution in [3.8, 4) is 17.2 Å². The van der Waals surface area contributed by atoms with Crippen LogP contribution in [-0.4, -0.2) is 19.0 Å². The number of ether oxygens (including phenoxy) is 3. The van der Waals surface area contributed by atoms with Gasteiger partial charge in [0.1, 0.15) is 5.60 Å². The van der Waals surface area contributed by atoms with Crippen molar-refractivity contribution >= 4 is 6.08 Å². The maximum absolute atomic E-state index is 11.6. The number of methoxy groups -OCH3 is 1. The summed E-state index contributed by atoms with van der Waals surface area (Å²) in [7, 11) is 1.61. The molecular formula is C24H22O4. The Balaban J connectivity index is 1.66. The number of benzene rings is 3. The number of fused-ring (bicyclic) bond motifs is 1. The first kappa shape index (κ1) is 18.1. The molecule has 1 N–H and O–H groups in total. The molecule has 3 aromatic carbocycles. The van der Waals surface area contributed by atoms with Crippen LogP contribution < -0.4 is 14.2 Å². The van der Waals surface area contributed by atoms with Crippen molar-refractivity contribution in [1.82, 2.24) is 0 Å². The molecule has 4 rings (SSSR count). The second-order valence-corrected chi connectivity index (χ2v) is 6.62. The van der Waals surface area contributed by atoms with Crippen LogP contribution in [0.4, 0.5) is 0 Å². The van der Waals surface area contributed by atoms with E-state index in [2.05, 4.69) is 0 Å². The minimum Gasteiger partial charge on any atom is -0.492 e. The Labute approximate surface area is 164 Å². The molecular weight excluding hydrogens is 352 g/mol. The molecule has 0 bridgehead atoms. The van der Waals surface area contributed by atoms with Crippen LogP contribution in [-0.2, 0) is 5.60 Å². The fourth-order valence-corrected chi connectivity index (χ4v) is 3.49. The van der Waals surface area contributed by atoms with E-state index in [1.54, 1.807) is 7.11 Å². The van der Waals surface area contributed by atoms with Crippen molar-refractivity contribution in [3.63, 3.8) is 0 Å². The van der Waals surface area contributed by atoms with Gasteiger partial charge in [-0.3, -0.25) is 0 Å². The Hall–Kier alpha value is -3.24. The average Bonchev–Trinajstić information content (AvgIpc) is 3.23. The van der Waals surface area contributed by atoms with Crippen LogP contribution in [0.5, 0.6) is 17.2 Å². The molecule has 142 valence electrons. The highest BCUT2D eigenvalue weighted by molar-refractivity contribution is 5.67. The minimum atomic E-state index is -1.12. The third-order valence-electron chi connectivity index (χ3n) is 4.94. The lowest BCUT2D eigenvalue weighted by Gasteiger charge is -2.28. The van der Waals surface area contributed by atoms with E-state index in [4.69, 9.17) is 14.2 Å². The highest BCUT2D eigenvalue weighted by atomic mass is 16.7. The number of aliphatic hydroxyl groups is 1. The highest BCUT2D eigenvalue weighted by Crippen LogP contribution is 2.43. The summed E-state index contributed by atoms with van der Waals surface area (Å²) < 4.78 is 16.4. The van der Waals surface area contributed by atoms with Crippen LogP contribution in [0.25, 0.3) is 6.08 Å². The van der Waals surface area contributed by atoms with Crippen molar-refractivity contribution in [2.75, 3.05) is 13.9 Å². The van der Waals surface area contributed by atoms with Crippen molar-refractivity contribution in [2.45, 2.75) is 12.0 Å². The Kier molecular flexibility index (Phi) is 5.04. The van der Waals surface area contributed by atoms with E-state index >= 15 is 0 Å². The number of hydrogen-bond donors (Lipinski definition) is 1. The minimum absolute atomic E-state index is 0.195. The van der Waals surface area contributed by atoms with E-state index in [9.17, 15) is 5.11 Å². The molecule has 0 fully saturated rings. The molecule has 0 amide bonds. The van der Waals surface area contributed by atoms with Gasteiger partial charge in [-0.15, -0.1) is 0 Å². The van der Waals surface area contributed by atoms with Gasteiger partial charge in [-0.05, 0) is 23.3 Å². The molecule has 4 heteroatoms. The van der Waals surface area contributed by atoms with Gasteiger partial charge in [0, 0.05) is 12.0 Å². The van der Waals surface area contributed by atoms with E-state index in [0.29, 0.717) is 23.7 Å². The van der Waals surface area contributed by atoms with Gasteiger partial charge in [-0.1, -0.05) is 72.8 Å². The number of rotatable bonds is 6. The standard InChI is InChI=1S/C24H22O4/c1-26-22-18(14-15-21-23(22)28-17-27-21)9-8-16-24(25,19-10-4-2-5-11-19)20-12-6-3-7-13-20/h2-15,25H,16-17H2,1H3/b9-8+. The predicted octanol–water partition coefficient (Wildman–Crippen LogP) is 4.76. The molecule has 0 unspecified atom stereocenters. The first-order valence-corrected chi connectivity index (χ1v) is 9.19. The summed E-state index contributed by atoms with van der Waals surface area (Å²) in [4.78, 5) is 0. The summed E-state index contributed by atoms with van der Waals surface area (Å²) >= 11 is 0. The largest absolute Gasteiger partial charge is 0.492 e. The van der Waals surface area contributed by atoms with Crippen molar-refractivity contribution in [1.29, 1.82) is 0 Å². The summed E-state index contributed by atoms with van der Waals surface area (Å²) in [5.74, 6) is 1.93. The van der Waals surface area contributed by atoms with Gasteiger partial charge >= 0.3 is 0 Å². The Morgan fingerprint density at radius 2 is 1.57 bits per heavy atom. The Morgan fingerprint density at radius 1 is 0.929 bits per heavy atom. The van der Waals surface area contributed by atoms with E-state index in [1.165, 1.54) is 0 Å². The SMILES string of the molecule is COc1c(/C=C/CC(O)(c2ccccc2)c2ccccc2)ccc2c1OCO2. The summed E-state index contributed by atoms with van der Waals surface area (Å²) in [6.07, 6.45) is 4.32. The summed E-state index contributed by atoms with van der Waals surface area (Å²) in [5, 5.41) is 11.6. The molecule has 0 saturated carbocycles. The fourth-order valence-electron chi connectivity index (χ4n) is 3.49. The molecule has 0 spiro atoms. The van der Waals surface area contributed by atoms with E-state index in [0.717, 1.165) is 16.7 Å². The predicted molar refractivity (Wildman–Crippen MR) is 109 cm³/mol. The molecule has 1 aliphatic rings. The van der Waals surface area contributed by atoms with Gasteiger partial charge in [0.25, 0.3) is 0 Å². The van der Waals surface area contributed by atoms with Crippen molar-refractivity contribution in [2.24, 2.45) is 0 Å². The molecule has 0 aliphatic carbocycles. The van der Waals surface area contributed by atoms with Gasteiger partial charge in [0.2, 0.25) is 12.5 Å². The molecule has 1 aliphatic heterocycles. The quantitative estimate of drug-likeness (QED) is 0.676. The molecule has 0 aromatic heterocycles. The molecule has 1 heterocycles. The third kappa shape index (κ3) is 3.35. The maximum Gasteiger partial charge on any atom is 0.231 e. The monoisotopic (exact) mass is 374 g/mol. The zero-order valence-electron chi connectivity index (χ0n) is 15.7. The summed E-state index contributed by atoms with van der Waals surface area (Å²) in [5.41, 5.74) is 1.45. The van der Waals surface area contributed by atoms with Gasteiger partial charge in [0.15, 0.2) is 11.5 Å². The van der Waals surface area contributed by atoms with Crippen LogP contribution in [0.3, 0.4) is 0 Å². The molecule has 28 heavy (non-hydrogen) atoms. The lowest BCUT2D eigenvalue weighted by Crippen LogP contribution is -2.26. The van der Waals surface area contributed by atoms with Gasteiger partial charge in [-0.2, -0.15) is 0 Å². The second-order valence-electron chi connectivity index (χ2n) is 6.62. The van der Waals surface area contributed by atoms with Crippen molar-refractivity contribution < 1.29 is 19.3 Å². The summed E-state index contributed by atoms with van der Waals surface area (Å²) in [6.45, 7) is 0.195. The van der Waals surface area contributed by atoms with E-state index < -0.39 is 5.60 Å². The lowest BCUT2D eigenvalue weighted by molar-refractivity contribution is 0.0843. The maximum atomic E-state index is 11.6. The van der Waals surface area contributed by atoms with Crippen LogP contribution in [0.2, 0.25) is 0 Å². The van der Waals surface area contributed by atoms with Crippen molar-refractivity contribution in [3.05, 3.63) is 95.6 Å². The molecule has 0 radical (unpaired) electrons. The van der Waals surface area contributed by atoms with Gasteiger partial charge in [0.05, 0.1) is 7.11 Å². The third-order valence-corrected chi connectivity index (χ3v) is 4.94. The zero-order chi connectivity index (χ0) is 19.4. The molecule has 4 nitrogen and oxygen atoms in total. The van der Waals surface area contributed by atoms with E-state index in [1.807, 2.05) is 84.9 Å². The Morgan fingerprint density at radius 3 is 2.18 bits per heavy atom. The molecule has 3 aromatic rings. The lowest BCUT2D eigenvalue weighted by atomic mass is 9.83. The second kappa shape index (κ2) is 7.79. The van der Waals surface area contributed by atoms with Crippen LogP contribution >= 0.6 is 0 Å². The molecule has 0 saturated heterocycles. The number of hydrogen-bond acceptors (Lipinski definition) is 4. The van der Waals surface area contributed by atoms with Gasteiger partial charge in [-0.25, -0.2) is 0 Å². The topological polar surface area (TPSA) is 47.9 Å². The van der Waals surface area contributed by atoms with E-state index in [-0.39, 0.29) is 6.79 Å². The van der Waals surface area contributed by atoms with Crippen LogP contribution in [0.15, 0.2) is 78.9 Å². The normalized spacial score (nSPS) is 13.1. The zero-order valence-corrected chi connectivity index (χ0v) is 15.7. The Bertz CT molecular complexity index is 925. The molecule has 0 atom stereocenters. The smallest absolute Gasteiger partial charge is 0.231 e. The summed E-state index contributed by atoms with van der Waals surface area (Å²) in [6, 6.07) is 23.2. The fraction of sp³-hybridized carbons (Fsp3) is 0.167. The van der Waals surface area contributed by atoms with Crippen LogP contribution in [0, 0.1) is 0 Å². The highest BCUT2D eigenvalue weighted by Gasteiger charge is 2.30. The van der Waals surface area contributed by atoms with Crippen LogP contribution in [0.1, 0.15) is 23.1 Å². The first-order valence-electron chi connectivity index (χ1n) is 9.19.